The van der Waals surface area contributed by atoms with Gasteiger partial charge in [-0.3, -0.25) is 19.7 Å². The van der Waals surface area contributed by atoms with Gasteiger partial charge in [0.25, 0.3) is 0 Å². The van der Waals surface area contributed by atoms with E-state index in [1.807, 2.05) is 6.07 Å². The van der Waals surface area contributed by atoms with E-state index in [9.17, 15) is 29.3 Å². The number of alkyl carbamates (subject to hydrolysis) is 1. The molecule has 1 aromatic rings. The fraction of sp³-hybridized carbons (Fsp3) is 0.630. The molecule has 0 saturated carbocycles. The number of carbonyl (C=O) groups is 4. The first kappa shape index (κ1) is 34.5. The SMILES string of the molecule is COC(=O)[C@@H](NC(=O)[C@H](Cc1ccccc1)NC(=O)[C@H](CCCC[N+](=O)[O-])NC(=O)OCC[Si](C)(C)C)C(C)C. The lowest BCUT2D eigenvalue weighted by Gasteiger charge is -2.26. The van der Waals surface area contributed by atoms with Gasteiger partial charge in [-0.2, -0.15) is 0 Å². The Morgan fingerprint density at radius 2 is 1.57 bits per heavy atom. The molecule has 0 unspecified atom stereocenters. The molecule has 1 aromatic carbocycles. The molecule has 0 aliphatic rings. The Balaban J connectivity index is 3.09. The van der Waals surface area contributed by atoms with E-state index >= 15 is 0 Å². The fourth-order valence-corrected chi connectivity index (χ4v) is 4.42. The van der Waals surface area contributed by atoms with E-state index in [4.69, 9.17) is 9.47 Å². The van der Waals surface area contributed by atoms with Gasteiger partial charge in [0.15, 0.2) is 0 Å². The highest BCUT2D eigenvalue weighted by molar-refractivity contribution is 6.76. The number of amides is 3. The second-order valence-electron chi connectivity index (χ2n) is 11.2. The molecule has 0 aromatic heterocycles. The number of unbranched alkanes of at least 4 members (excludes halogenated alkanes) is 1. The van der Waals surface area contributed by atoms with Gasteiger partial charge in [-0.05, 0) is 30.4 Å². The second-order valence-corrected chi connectivity index (χ2v) is 16.8. The van der Waals surface area contributed by atoms with Gasteiger partial charge < -0.3 is 25.4 Å². The minimum atomic E-state index is -1.45. The molecule has 0 aliphatic heterocycles. The number of hydrogen-bond donors (Lipinski definition) is 3. The first-order valence-electron chi connectivity index (χ1n) is 13.5. The summed E-state index contributed by atoms with van der Waals surface area (Å²) >= 11 is 0. The van der Waals surface area contributed by atoms with Crippen LogP contribution in [0.4, 0.5) is 4.79 Å². The summed E-state index contributed by atoms with van der Waals surface area (Å²) in [5.41, 5.74) is 0.767. The maximum Gasteiger partial charge on any atom is 0.407 e. The van der Waals surface area contributed by atoms with Crippen LogP contribution in [0, 0.1) is 16.0 Å². The van der Waals surface area contributed by atoms with Crippen molar-refractivity contribution < 1.29 is 33.6 Å². The summed E-state index contributed by atoms with van der Waals surface area (Å²) in [5.74, 6) is -2.12. The van der Waals surface area contributed by atoms with E-state index in [-0.39, 0.29) is 38.3 Å². The summed E-state index contributed by atoms with van der Waals surface area (Å²) in [6, 6.07) is 6.68. The Bertz CT molecular complexity index is 984. The molecule has 224 valence electrons. The molecular formula is C27H44N4O8Si. The van der Waals surface area contributed by atoms with Gasteiger partial charge in [0.1, 0.15) is 18.1 Å². The molecule has 0 spiro atoms. The summed E-state index contributed by atoms with van der Waals surface area (Å²) < 4.78 is 10.1. The normalized spacial score (nSPS) is 13.5. The number of rotatable bonds is 17. The number of methoxy groups -OCH3 is 1. The van der Waals surface area contributed by atoms with E-state index in [2.05, 4.69) is 35.6 Å². The molecule has 12 nitrogen and oxygen atoms in total. The number of carbonyl (C=O) groups excluding carboxylic acids is 4. The van der Waals surface area contributed by atoms with E-state index < -0.39 is 55.0 Å². The molecular weight excluding hydrogens is 536 g/mol. The Kier molecular flexibility index (Phi) is 14.9. The van der Waals surface area contributed by atoms with Gasteiger partial charge in [-0.25, -0.2) is 9.59 Å². The number of esters is 1. The number of nitrogens with one attached hydrogen (secondary N) is 3. The van der Waals surface area contributed by atoms with Crippen LogP contribution in [0.3, 0.4) is 0 Å². The number of ether oxygens (including phenoxy) is 2. The average Bonchev–Trinajstić information content (AvgIpc) is 2.87. The molecule has 0 heterocycles. The van der Waals surface area contributed by atoms with Crippen LogP contribution in [0.5, 0.6) is 0 Å². The minimum Gasteiger partial charge on any atom is -0.467 e. The smallest absolute Gasteiger partial charge is 0.407 e. The van der Waals surface area contributed by atoms with Gasteiger partial charge in [0.05, 0.1) is 13.7 Å². The molecule has 13 heteroatoms. The maximum atomic E-state index is 13.4. The van der Waals surface area contributed by atoms with Crippen molar-refractivity contribution in [1.29, 1.82) is 0 Å². The third kappa shape index (κ3) is 14.1. The Labute approximate surface area is 237 Å². The number of hydrogen-bond acceptors (Lipinski definition) is 8. The molecule has 1 rings (SSSR count). The Morgan fingerprint density at radius 3 is 2.12 bits per heavy atom. The van der Waals surface area contributed by atoms with Gasteiger partial charge in [0.2, 0.25) is 18.4 Å². The zero-order chi connectivity index (χ0) is 30.3. The molecule has 0 fully saturated rings. The van der Waals surface area contributed by atoms with E-state index in [1.54, 1.807) is 38.1 Å². The minimum absolute atomic E-state index is 0.110. The summed E-state index contributed by atoms with van der Waals surface area (Å²) in [7, 11) is -0.225. The van der Waals surface area contributed by atoms with Crippen molar-refractivity contribution in [3.8, 4) is 0 Å². The number of nitrogens with zero attached hydrogens (tertiary/aromatic N) is 1. The van der Waals surface area contributed by atoms with Crippen LogP contribution in [-0.4, -0.2) is 75.3 Å². The monoisotopic (exact) mass is 580 g/mol. The summed E-state index contributed by atoms with van der Waals surface area (Å²) in [5, 5.41) is 18.6. The van der Waals surface area contributed by atoms with Crippen molar-refractivity contribution in [3.63, 3.8) is 0 Å². The molecule has 0 aliphatic carbocycles. The lowest BCUT2D eigenvalue weighted by Crippen LogP contribution is -2.57. The van der Waals surface area contributed by atoms with Crippen molar-refractivity contribution in [3.05, 3.63) is 46.0 Å². The number of nitro groups is 1. The molecule has 3 amide bonds. The van der Waals surface area contributed by atoms with Crippen LogP contribution < -0.4 is 16.0 Å². The van der Waals surface area contributed by atoms with E-state index in [1.165, 1.54) is 7.11 Å². The molecule has 3 atom stereocenters. The zero-order valence-electron chi connectivity index (χ0n) is 24.4. The topological polar surface area (TPSA) is 166 Å². The van der Waals surface area contributed by atoms with Crippen LogP contribution >= 0.6 is 0 Å². The Morgan fingerprint density at radius 1 is 0.950 bits per heavy atom. The lowest BCUT2D eigenvalue weighted by molar-refractivity contribution is -0.480. The quantitative estimate of drug-likeness (QED) is 0.0832. The summed E-state index contributed by atoms with van der Waals surface area (Å²) in [4.78, 5) is 61.7. The molecule has 0 bridgehead atoms. The molecule has 40 heavy (non-hydrogen) atoms. The van der Waals surface area contributed by atoms with Crippen LogP contribution in [0.1, 0.15) is 38.7 Å². The van der Waals surface area contributed by atoms with Crippen molar-refractivity contribution in [2.24, 2.45) is 5.92 Å². The van der Waals surface area contributed by atoms with Crippen LogP contribution in [0.25, 0.3) is 0 Å². The van der Waals surface area contributed by atoms with Crippen LogP contribution in [0.15, 0.2) is 30.3 Å². The van der Waals surface area contributed by atoms with Gasteiger partial charge in [-0.15, -0.1) is 0 Å². The first-order valence-corrected chi connectivity index (χ1v) is 17.2. The number of benzene rings is 1. The second kappa shape index (κ2) is 17.3. The van der Waals surface area contributed by atoms with Crippen molar-refractivity contribution >= 4 is 32.0 Å². The third-order valence-electron chi connectivity index (χ3n) is 6.11. The van der Waals surface area contributed by atoms with Gasteiger partial charge in [0, 0.05) is 25.8 Å². The van der Waals surface area contributed by atoms with Gasteiger partial charge in [-0.1, -0.05) is 63.8 Å². The predicted molar refractivity (Wildman–Crippen MR) is 153 cm³/mol. The predicted octanol–water partition coefficient (Wildman–Crippen LogP) is 2.91. The maximum absolute atomic E-state index is 13.4. The molecule has 0 saturated heterocycles. The van der Waals surface area contributed by atoms with Crippen molar-refractivity contribution in [2.75, 3.05) is 20.3 Å². The van der Waals surface area contributed by atoms with Crippen LogP contribution in [-0.2, 0) is 30.3 Å². The largest absolute Gasteiger partial charge is 0.467 e. The summed E-state index contributed by atoms with van der Waals surface area (Å²) in [6.45, 7) is 9.88. The highest BCUT2D eigenvalue weighted by Crippen LogP contribution is 2.10. The summed E-state index contributed by atoms with van der Waals surface area (Å²) in [6.07, 6.45) is -0.0334. The lowest BCUT2D eigenvalue weighted by atomic mass is 10.0. The van der Waals surface area contributed by atoms with E-state index in [0.29, 0.717) is 6.42 Å². The Hall–Kier alpha value is -3.48. The highest BCUT2D eigenvalue weighted by atomic mass is 28.3. The van der Waals surface area contributed by atoms with Crippen molar-refractivity contribution in [2.45, 2.75) is 83.3 Å². The van der Waals surface area contributed by atoms with E-state index in [0.717, 1.165) is 11.6 Å². The average molecular weight is 581 g/mol. The van der Waals surface area contributed by atoms with Gasteiger partial charge >= 0.3 is 12.1 Å². The zero-order valence-corrected chi connectivity index (χ0v) is 25.4. The standard InChI is InChI=1S/C27H44N4O8Si/c1-19(2)23(26(34)38-3)30-25(33)22(18-20-12-8-7-9-13-20)28-24(32)21(14-10-11-15-31(36)37)29-27(35)39-16-17-40(4,5)6/h7-9,12-13,19,21-23H,10-11,14-18H2,1-6H3,(H,28,32)(H,29,35)(H,30,33)/t21-,22-,23-/m0/s1. The van der Waals surface area contributed by atoms with Crippen LogP contribution in [0.2, 0.25) is 25.7 Å². The molecule has 0 radical (unpaired) electrons. The highest BCUT2D eigenvalue weighted by Gasteiger charge is 2.31. The third-order valence-corrected chi connectivity index (χ3v) is 7.82. The fourth-order valence-electron chi connectivity index (χ4n) is 3.70. The first-order chi connectivity index (χ1) is 18.7. The molecule has 3 N–H and O–H groups in total. The van der Waals surface area contributed by atoms with Crippen molar-refractivity contribution in [1.82, 2.24) is 16.0 Å².